The second-order valence-electron chi connectivity index (χ2n) is 2.53. The zero-order chi connectivity index (χ0) is 9.26. The Kier molecular flexibility index (Phi) is 1.77. The molecule has 0 amide bonds. The number of aromatic amines is 1. The minimum Gasteiger partial charge on any atom is -0.462 e. The van der Waals surface area contributed by atoms with Crippen molar-refractivity contribution < 1.29 is 9.53 Å². The topological polar surface area (TPSA) is 59.4 Å². The molecule has 1 N–H and O–H groups in total. The zero-order valence-corrected chi connectivity index (χ0v) is 7.15. The molecule has 0 unspecified atom stereocenters. The monoisotopic (exact) mass is 179 g/mol. The van der Waals surface area contributed by atoms with Crippen LogP contribution in [0.1, 0.15) is 17.3 Å². The summed E-state index contributed by atoms with van der Waals surface area (Å²) in [6, 6.07) is 0. The van der Waals surface area contributed by atoms with Crippen LogP contribution in [0.15, 0.2) is 18.6 Å². The van der Waals surface area contributed by atoms with Crippen LogP contribution in [0.25, 0.3) is 5.65 Å². The molecule has 0 aliphatic carbocycles. The van der Waals surface area contributed by atoms with E-state index >= 15 is 0 Å². The molecule has 0 spiro atoms. The lowest BCUT2D eigenvalue weighted by Gasteiger charge is -1.96. The molecule has 0 fully saturated rings. The third-order valence-corrected chi connectivity index (χ3v) is 1.73. The smallest absolute Gasteiger partial charge is 0.343 e. The lowest BCUT2D eigenvalue weighted by Crippen LogP contribution is -2.03. The lowest BCUT2D eigenvalue weighted by atomic mass is 10.3. The number of rotatable bonds is 2. The van der Waals surface area contributed by atoms with Crippen LogP contribution in [0.3, 0.4) is 0 Å². The highest BCUT2D eigenvalue weighted by Crippen LogP contribution is 2.08. The number of carbonyl (C=O) groups is 1. The van der Waals surface area contributed by atoms with E-state index in [4.69, 9.17) is 4.74 Å². The van der Waals surface area contributed by atoms with E-state index in [-0.39, 0.29) is 5.97 Å². The van der Waals surface area contributed by atoms with Gasteiger partial charge in [0.25, 0.3) is 0 Å². The van der Waals surface area contributed by atoms with Crippen LogP contribution in [0.2, 0.25) is 0 Å². The maximum Gasteiger partial charge on any atom is 0.343 e. The van der Waals surface area contributed by atoms with Gasteiger partial charge in [0, 0.05) is 12.4 Å². The van der Waals surface area contributed by atoms with Crippen LogP contribution < -0.4 is 0 Å². The second kappa shape index (κ2) is 2.93. The zero-order valence-electron chi connectivity index (χ0n) is 7.15. The molecule has 0 radical (unpaired) electrons. The maximum atomic E-state index is 11.3. The van der Waals surface area contributed by atoms with Gasteiger partial charge in [0.2, 0.25) is 0 Å². The van der Waals surface area contributed by atoms with Gasteiger partial charge in [-0.25, -0.2) is 9.31 Å². The summed E-state index contributed by atoms with van der Waals surface area (Å²) >= 11 is 0. The molecule has 5 heteroatoms. The number of H-pyrrole nitrogens is 1. The molecule has 2 aromatic heterocycles. The molecule has 2 rings (SSSR count). The highest BCUT2D eigenvalue weighted by atomic mass is 16.5. The number of aromatic nitrogens is 3. The van der Waals surface area contributed by atoms with E-state index < -0.39 is 0 Å². The largest absolute Gasteiger partial charge is 0.462 e. The normalized spacial score (nSPS) is 10.5. The number of esters is 1. The van der Waals surface area contributed by atoms with E-state index in [1.165, 1.54) is 6.20 Å². The summed E-state index contributed by atoms with van der Waals surface area (Å²) in [5, 5.41) is 3.97. The molecule has 5 nitrogen and oxygen atoms in total. The van der Waals surface area contributed by atoms with Crippen molar-refractivity contribution in [2.75, 3.05) is 6.61 Å². The van der Waals surface area contributed by atoms with Crippen LogP contribution in [0.4, 0.5) is 0 Å². The van der Waals surface area contributed by atoms with Gasteiger partial charge in [-0.15, -0.1) is 0 Å². The average Bonchev–Trinajstić information content (AvgIpc) is 2.62. The van der Waals surface area contributed by atoms with Crippen LogP contribution in [0, 0.1) is 0 Å². The summed E-state index contributed by atoms with van der Waals surface area (Å²) in [4.78, 5) is 14.2. The Morgan fingerprint density at radius 1 is 1.77 bits per heavy atom. The van der Waals surface area contributed by atoms with E-state index in [2.05, 4.69) is 10.1 Å². The van der Waals surface area contributed by atoms with Crippen molar-refractivity contribution in [3.05, 3.63) is 24.2 Å². The van der Waals surface area contributed by atoms with E-state index in [1.807, 2.05) is 0 Å². The van der Waals surface area contributed by atoms with Gasteiger partial charge in [-0.05, 0) is 6.92 Å². The summed E-state index contributed by atoms with van der Waals surface area (Å²) in [6.45, 7) is 2.14. The predicted molar refractivity (Wildman–Crippen MR) is 45.5 cm³/mol. The van der Waals surface area contributed by atoms with Crippen molar-refractivity contribution in [3.63, 3.8) is 0 Å². The van der Waals surface area contributed by atoms with Crippen LogP contribution in [-0.4, -0.2) is 27.2 Å². The summed E-state index contributed by atoms with van der Waals surface area (Å²) in [5.41, 5.74) is 1.13. The Labute approximate surface area is 74.3 Å². The Bertz CT molecular complexity index is 429. The fourth-order valence-corrected chi connectivity index (χ4v) is 1.16. The van der Waals surface area contributed by atoms with Crippen LogP contribution >= 0.6 is 0 Å². The van der Waals surface area contributed by atoms with E-state index in [0.717, 1.165) is 0 Å². The standard InChI is InChI=1S/C8H9N3O2/c1-2-13-8(12)6-5-10-11-4-3-9-7(6)11/h3-5,9H,2H2,1H3. The van der Waals surface area contributed by atoms with Crippen LogP contribution in [-0.2, 0) is 4.74 Å². The first kappa shape index (κ1) is 7.85. The van der Waals surface area contributed by atoms with Crippen molar-refractivity contribution in [2.24, 2.45) is 0 Å². The molecule has 13 heavy (non-hydrogen) atoms. The number of nitrogens with one attached hydrogen (secondary N) is 1. The van der Waals surface area contributed by atoms with E-state index in [1.54, 1.807) is 23.8 Å². The number of ether oxygens (including phenoxy) is 1. The minimum atomic E-state index is -0.347. The first-order valence-electron chi connectivity index (χ1n) is 4.00. The van der Waals surface area contributed by atoms with Crippen molar-refractivity contribution >= 4 is 11.6 Å². The first-order chi connectivity index (χ1) is 6.33. The lowest BCUT2D eigenvalue weighted by molar-refractivity contribution is 0.0528. The molecular weight excluding hydrogens is 170 g/mol. The molecule has 0 atom stereocenters. The number of hydrogen-bond acceptors (Lipinski definition) is 3. The minimum absolute atomic E-state index is 0.347. The Morgan fingerprint density at radius 2 is 2.62 bits per heavy atom. The number of nitrogens with zero attached hydrogens (tertiary/aromatic N) is 2. The summed E-state index contributed by atoms with van der Waals surface area (Å²) in [6.07, 6.45) is 4.94. The highest BCUT2D eigenvalue weighted by Gasteiger charge is 2.13. The van der Waals surface area contributed by atoms with Gasteiger partial charge in [0.05, 0.1) is 12.8 Å². The third-order valence-electron chi connectivity index (χ3n) is 1.73. The molecule has 0 aliphatic heterocycles. The van der Waals surface area contributed by atoms with Gasteiger partial charge < -0.3 is 9.72 Å². The van der Waals surface area contributed by atoms with E-state index in [0.29, 0.717) is 17.8 Å². The molecule has 0 saturated heterocycles. The molecule has 0 aliphatic rings. The highest BCUT2D eigenvalue weighted by molar-refractivity contribution is 5.95. The van der Waals surface area contributed by atoms with Gasteiger partial charge in [-0.3, -0.25) is 0 Å². The number of imidazole rings is 1. The van der Waals surface area contributed by atoms with Gasteiger partial charge in [-0.2, -0.15) is 5.10 Å². The molecule has 0 bridgehead atoms. The van der Waals surface area contributed by atoms with Gasteiger partial charge in [0.15, 0.2) is 0 Å². The van der Waals surface area contributed by atoms with Gasteiger partial charge >= 0.3 is 5.97 Å². The SMILES string of the molecule is CCOC(=O)c1cnn2cc[nH]c12. The summed E-state index contributed by atoms with van der Waals surface area (Å²) < 4.78 is 6.44. The van der Waals surface area contributed by atoms with Crippen molar-refractivity contribution in [1.82, 2.24) is 14.6 Å². The molecular formula is C8H9N3O2. The second-order valence-corrected chi connectivity index (χ2v) is 2.53. The first-order valence-corrected chi connectivity index (χ1v) is 4.00. The van der Waals surface area contributed by atoms with Crippen LogP contribution in [0.5, 0.6) is 0 Å². The molecule has 68 valence electrons. The Balaban J connectivity index is 2.42. The van der Waals surface area contributed by atoms with Gasteiger partial charge in [0.1, 0.15) is 11.2 Å². The third kappa shape index (κ3) is 1.18. The summed E-state index contributed by atoms with van der Waals surface area (Å²) in [5.74, 6) is -0.347. The molecule has 0 aromatic carbocycles. The number of carbonyl (C=O) groups excluding carboxylic acids is 1. The quantitative estimate of drug-likeness (QED) is 0.695. The fraction of sp³-hybridized carbons (Fsp3) is 0.250. The number of hydrogen-bond donors (Lipinski definition) is 1. The van der Waals surface area contributed by atoms with Gasteiger partial charge in [-0.1, -0.05) is 0 Å². The molecule has 0 saturated carbocycles. The van der Waals surface area contributed by atoms with E-state index in [9.17, 15) is 4.79 Å². The molecule has 2 heterocycles. The number of fused-ring (bicyclic) bond motifs is 1. The Hall–Kier alpha value is -1.78. The fourth-order valence-electron chi connectivity index (χ4n) is 1.16. The van der Waals surface area contributed by atoms with Crippen molar-refractivity contribution in [2.45, 2.75) is 6.92 Å². The molecule has 2 aromatic rings. The van der Waals surface area contributed by atoms with Crippen molar-refractivity contribution in [3.8, 4) is 0 Å². The predicted octanol–water partition coefficient (Wildman–Crippen LogP) is 0.839. The average molecular weight is 179 g/mol. The Morgan fingerprint density at radius 3 is 3.38 bits per heavy atom. The van der Waals surface area contributed by atoms with Crippen molar-refractivity contribution in [1.29, 1.82) is 0 Å². The summed E-state index contributed by atoms with van der Waals surface area (Å²) in [7, 11) is 0. The maximum absolute atomic E-state index is 11.3.